The number of carbonyl (C=O) groups is 4. The Morgan fingerprint density at radius 1 is 0.938 bits per heavy atom. The molecule has 2 aromatic carbocycles. The largest absolute Gasteiger partial charge is 0.456 e. The van der Waals surface area contributed by atoms with Crippen LogP contribution in [0.5, 0.6) is 0 Å². The number of hydrogen-bond acceptors (Lipinski definition) is 6. The monoisotopic (exact) mass is 533 g/mol. The van der Waals surface area contributed by atoms with Crippen molar-refractivity contribution < 1.29 is 23.9 Å². The van der Waals surface area contributed by atoms with E-state index >= 15 is 0 Å². The van der Waals surface area contributed by atoms with E-state index in [4.69, 9.17) is 51.1 Å². The molecule has 1 atom stereocenters. The number of nitrogens with zero attached hydrogens (tertiary/aromatic N) is 1. The fraction of sp³-hybridized carbons (Fsp3) is 0.238. The molecule has 32 heavy (non-hydrogen) atoms. The zero-order valence-electron chi connectivity index (χ0n) is 16.5. The van der Waals surface area contributed by atoms with Gasteiger partial charge < -0.3 is 4.74 Å². The van der Waals surface area contributed by atoms with Crippen LogP contribution in [0.25, 0.3) is 0 Å². The summed E-state index contributed by atoms with van der Waals surface area (Å²) in [6.07, 6.45) is 1.90. The average Bonchev–Trinajstić information content (AvgIpc) is 3.05. The van der Waals surface area contributed by atoms with Crippen molar-refractivity contribution in [3.63, 3.8) is 0 Å². The molecule has 0 unspecified atom stereocenters. The summed E-state index contributed by atoms with van der Waals surface area (Å²) in [4.78, 5) is 52.1. The molecule has 1 aliphatic heterocycles. The Labute approximate surface area is 208 Å². The summed E-state index contributed by atoms with van der Waals surface area (Å²) in [7, 11) is 0. The van der Waals surface area contributed by atoms with Gasteiger partial charge in [-0.1, -0.05) is 76.7 Å². The molecule has 0 N–H and O–H groups in total. The van der Waals surface area contributed by atoms with Crippen molar-refractivity contribution in [1.29, 1.82) is 0 Å². The number of ketones is 1. The minimum absolute atomic E-state index is 0.0989. The van der Waals surface area contributed by atoms with E-state index in [1.807, 2.05) is 0 Å². The van der Waals surface area contributed by atoms with E-state index in [0.717, 1.165) is 4.90 Å². The van der Waals surface area contributed by atoms with Crippen LogP contribution in [0.15, 0.2) is 30.3 Å². The quantitative estimate of drug-likeness (QED) is 0.147. The third-order valence-electron chi connectivity index (χ3n) is 4.75. The van der Waals surface area contributed by atoms with Crippen molar-refractivity contribution in [2.75, 3.05) is 18.6 Å². The number of thioether (sulfide) groups is 1. The summed E-state index contributed by atoms with van der Waals surface area (Å²) >= 11 is 25.8. The van der Waals surface area contributed by atoms with Crippen molar-refractivity contribution in [1.82, 2.24) is 4.90 Å². The van der Waals surface area contributed by atoms with Gasteiger partial charge in [0, 0.05) is 5.56 Å². The van der Waals surface area contributed by atoms with Gasteiger partial charge in [0.05, 0.1) is 31.2 Å². The maximum Gasteiger partial charge on any atom is 0.329 e. The van der Waals surface area contributed by atoms with E-state index in [1.54, 1.807) is 36.6 Å². The summed E-state index contributed by atoms with van der Waals surface area (Å²) in [5.41, 5.74) is -0.0821. The molecular formula is C21H15Cl4NO5S. The normalized spacial score (nSPS) is 13.8. The lowest BCUT2D eigenvalue weighted by Gasteiger charge is -2.24. The van der Waals surface area contributed by atoms with Crippen LogP contribution in [0.1, 0.15) is 37.5 Å². The Morgan fingerprint density at radius 2 is 1.47 bits per heavy atom. The lowest BCUT2D eigenvalue weighted by Crippen LogP contribution is -2.46. The molecule has 0 spiro atoms. The number of halogens is 4. The second kappa shape index (κ2) is 10.4. The number of hydrogen-bond donors (Lipinski definition) is 0. The van der Waals surface area contributed by atoms with E-state index in [9.17, 15) is 19.2 Å². The highest BCUT2D eigenvalue weighted by molar-refractivity contribution is 7.98. The maximum absolute atomic E-state index is 13.1. The maximum atomic E-state index is 13.1. The topological polar surface area (TPSA) is 80.8 Å². The SMILES string of the molecule is CSCC[C@H](C(=O)OCC(=O)c1ccccc1)N1C(=O)c2c(Cl)c(Cl)c(Cl)c(Cl)c2C1=O. The van der Waals surface area contributed by atoms with Gasteiger partial charge in [-0.3, -0.25) is 19.3 Å². The van der Waals surface area contributed by atoms with Crippen molar-refractivity contribution in [3.8, 4) is 0 Å². The molecule has 0 aliphatic carbocycles. The van der Waals surface area contributed by atoms with E-state index in [2.05, 4.69) is 0 Å². The van der Waals surface area contributed by atoms with Gasteiger partial charge in [-0.2, -0.15) is 11.8 Å². The third-order valence-corrected chi connectivity index (χ3v) is 7.20. The highest BCUT2D eigenvalue weighted by Crippen LogP contribution is 2.45. The van der Waals surface area contributed by atoms with E-state index in [0.29, 0.717) is 11.3 Å². The average molecular weight is 535 g/mol. The van der Waals surface area contributed by atoms with Gasteiger partial charge in [-0.25, -0.2) is 4.79 Å². The molecule has 0 bridgehead atoms. The fourth-order valence-electron chi connectivity index (χ4n) is 3.17. The third kappa shape index (κ3) is 4.63. The standard InChI is InChI=1S/C21H15Cl4NO5S/c1-32-8-7-11(21(30)31-9-12(27)10-5-3-2-4-6-10)26-19(28)13-14(20(26)29)16(23)18(25)17(24)15(13)22/h2-6,11H,7-9H2,1H3/t11-/m1/s1. The van der Waals surface area contributed by atoms with Crippen molar-refractivity contribution >= 4 is 81.7 Å². The predicted molar refractivity (Wildman–Crippen MR) is 126 cm³/mol. The zero-order chi connectivity index (χ0) is 23.6. The second-order valence-electron chi connectivity index (χ2n) is 6.68. The molecule has 1 heterocycles. The van der Waals surface area contributed by atoms with Crippen LogP contribution < -0.4 is 0 Å². The van der Waals surface area contributed by atoms with Crippen LogP contribution in [-0.2, 0) is 9.53 Å². The predicted octanol–water partition coefficient (Wildman–Crippen LogP) is 5.44. The Morgan fingerprint density at radius 3 is 1.97 bits per heavy atom. The molecule has 0 saturated carbocycles. The van der Waals surface area contributed by atoms with Crippen molar-refractivity contribution in [2.45, 2.75) is 12.5 Å². The number of benzene rings is 2. The Bertz CT molecular complexity index is 1060. The number of imide groups is 1. The van der Waals surface area contributed by atoms with Gasteiger partial charge in [0.2, 0.25) is 0 Å². The highest BCUT2D eigenvalue weighted by Gasteiger charge is 2.47. The van der Waals surface area contributed by atoms with E-state index < -0.39 is 36.2 Å². The molecule has 11 heteroatoms. The number of esters is 1. The number of rotatable bonds is 8. The first-order chi connectivity index (χ1) is 15.2. The van der Waals surface area contributed by atoms with Gasteiger partial charge in [0.25, 0.3) is 11.8 Å². The number of amides is 2. The summed E-state index contributed by atoms with van der Waals surface area (Å²) in [5.74, 6) is -2.57. The number of ether oxygens (including phenoxy) is 1. The summed E-state index contributed by atoms with van der Waals surface area (Å²) in [5, 5.41) is -0.796. The molecule has 2 amide bonds. The first-order valence-electron chi connectivity index (χ1n) is 9.18. The minimum atomic E-state index is -1.29. The molecular weight excluding hydrogens is 520 g/mol. The fourth-order valence-corrected chi connectivity index (χ4v) is 4.64. The molecule has 168 valence electrons. The van der Waals surface area contributed by atoms with Gasteiger partial charge in [-0.05, 0) is 18.4 Å². The van der Waals surface area contributed by atoms with Crippen LogP contribution in [0.2, 0.25) is 20.1 Å². The molecule has 0 aromatic heterocycles. The van der Waals surface area contributed by atoms with Gasteiger partial charge in [0.15, 0.2) is 12.4 Å². The molecule has 0 radical (unpaired) electrons. The summed E-state index contributed by atoms with van der Waals surface area (Å²) in [6, 6.07) is 6.99. The Balaban J connectivity index is 1.88. The second-order valence-corrected chi connectivity index (χ2v) is 9.18. The first kappa shape index (κ1) is 24.9. The molecule has 0 fully saturated rings. The van der Waals surface area contributed by atoms with Crippen LogP contribution in [0.4, 0.5) is 0 Å². The highest BCUT2D eigenvalue weighted by atomic mass is 35.5. The van der Waals surface area contributed by atoms with Crippen LogP contribution >= 0.6 is 58.2 Å². The van der Waals surface area contributed by atoms with Gasteiger partial charge in [-0.15, -0.1) is 0 Å². The molecule has 3 rings (SSSR count). The lowest BCUT2D eigenvalue weighted by atomic mass is 10.1. The zero-order valence-corrected chi connectivity index (χ0v) is 20.3. The van der Waals surface area contributed by atoms with Crippen molar-refractivity contribution in [3.05, 3.63) is 67.1 Å². The molecule has 0 saturated heterocycles. The van der Waals surface area contributed by atoms with Crippen LogP contribution in [0.3, 0.4) is 0 Å². The minimum Gasteiger partial charge on any atom is -0.456 e. The van der Waals surface area contributed by atoms with Gasteiger partial charge in [0.1, 0.15) is 6.04 Å². The summed E-state index contributed by atoms with van der Waals surface area (Å²) in [6.45, 7) is -0.541. The Hall–Kier alpha value is -1.77. The van der Waals surface area contributed by atoms with Gasteiger partial charge >= 0.3 is 5.97 Å². The van der Waals surface area contributed by atoms with Crippen molar-refractivity contribution in [2.24, 2.45) is 0 Å². The smallest absolute Gasteiger partial charge is 0.329 e. The number of Topliss-reactive ketones (excluding diaryl/α,β-unsaturated/α-hetero) is 1. The molecule has 1 aliphatic rings. The van der Waals surface area contributed by atoms with Crippen LogP contribution in [-0.4, -0.2) is 53.1 Å². The molecule has 6 nitrogen and oxygen atoms in total. The first-order valence-corrected chi connectivity index (χ1v) is 12.1. The molecule has 2 aromatic rings. The van der Waals surface area contributed by atoms with E-state index in [1.165, 1.54) is 11.8 Å². The van der Waals surface area contributed by atoms with Crippen LogP contribution in [0, 0.1) is 0 Å². The summed E-state index contributed by atoms with van der Waals surface area (Å²) < 4.78 is 5.17. The Kier molecular flexibility index (Phi) is 8.11. The number of carbonyl (C=O) groups excluding carboxylic acids is 4. The van der Waals surface area contributed by atoms with E-state index in [-0.39, 0.29) is 37.6 Å². The lowest BCUT2D eigenvalue weighted by molar-refractivity contribution is -0.147. The number of fused-ring (bicyclic) bond motifs is 1.